The summed E-state index contributed by atoms with van der Waals surface area (Å²) in [6, 6.07) is 0. The first-order valence-electron chi connectivity index (χ1n) is 9.30. The molecule has 2 fully saturated rings. The summed E-state index contributed by atoms with van der Waals surface area (Å²) in [6.45, 7) is 14.2. The SMILES string of the molecule is CCCN1CCC(CNC(=NC)N2CCC(CC(C)C)C2)C1.I. The average molecular weight is 436 g/mol. The predicted octanol–water partition coefficient (Wildman–Crippen LogP) is 3.28. The van der Waals surface area contributed by atoms with Crippen LogP contribution < -0.4 is 5.32 Å². The molecule has 5 heteroatoms. The largest absolute Gasteiger partial charge is 0.356 e. The van der Waals surface area contributed by atoms with Gasteiger partial charge in [0.05, 0.1) is 0 Å². The van der Waals surface area contributed by atoms with Crippen LogP contribution in [0.4, 0.5) is 0 Å². The van der Waals surface area contributed by atoms with E-state index in [9.17, 15) is 0 Å². The highest BCUT2D eigenvalue weighted by molar-refractivity contribution is 14.0. The zero-order chi connectivity index (χ0) is 15.9. The Kier molecular flexibility index (Phi) is 9.82. The Balaban J connectivity index is 0.00000264. The molecule has 4 nitrogen and oxygen atoms in total. The first kappa shape index (κ1) is 21.0. The Morgan fingerprint density at radius 1 is 1.17 bits per heavy atom. The number of hydrogen-bond donors (Lipinski definition) is 1. The van der Waals surface area contributed by atoms with E-state index in [1.807, 2.05) is 7.05 Å². The summed E-state index contributed by atoms with van der Waals surface area (Å²) in [6.07, 6.45) is 5.28. The lowest BCUT2D eigenvalue weighted by atomic mass is 9.97. The number of likely N-dealkylation sites (tertiary alicyclic amines) is 2. The van der Waals surface area contributed by atoms with Crippen LogP contribution in [0.5, 0.6) is 0 Å². The van der Waals surface area contributed by atoms with Crippen LogP contribution in [0.15, 0.2) is 4.99 Å². The molecule has 2 aliphatic rings. The van der Waals surface area contributed by atoms with E-state index in [1.165, 1.54) is 58.4 Å². The quantitative estimate of drug-likeness (QED) is 0.394. The number of rotatable bonds is 6. The maximum atomic E-state index is 4.52. The average Bonchev–Trinajstić information content (AvgIpc) is 3.09. The third-order valence-electron chi connectivity index (χ3n) is 5.06. The second kappa shape index (κ2) is 10.7. The molecule has 0 bridgehead atoms. The van der Waals surface area contributed by atoms with Gasteiger partial charge in [-0.15, -0.1) is 24.0 Å². The summed E-state index contributed by atoms with van der Waals surface area (Å²) < 4.78 is 0. The lowest BCUT2D eigenvalue weighted by Crippen LogP contribution is -2.42. The van der Waals surface area contributed by atoms with Crippen LogP contribution in [0.3, 0.4) is 0 Å². The van der Waals surface area contributed by atoms with E-state index in [0.29, 0.717) is 0 Å². The summed E-state index contributed by atoms with van der Waals surface area (Å²) in [7, 11) is 1.93. The molecule has 0 spiro atoms. The Labute approximate surface area is 160 Å². The monoisotopic (exact) mass is 436 g/mol. The third kappa shape index (κ3) is 6.77. The van der Waals surface area contributed by atoms with Crippen LogP contribution in [0.1, 0.15) is 46.5 Å². The number of hydrogen-bond acceptors (Lipinski definition) is 2. The first-order chi connectivity index (χ1) is 10.6. The molecule has 2 heterocycles. The van der Waals surface area contributed by atoms with E-state index in [4.69, 9.17) is 0 Å². The van der Waals surface area contributed by atoms with Gasteiger partial charge in [-0.05, 0) is 56.5 Å². The lowest BCUT2D eigenvalue weighted by molar-refractivity contribution is 0.323. The van der Waals surface area contributed by atoms with E-state index in [2.05, 4.69) is 40.9 Å². The topological polar surface area (TPSA) is 30.9 Å². The molecule has 0 saturated carbocycles. The Bertz CT molecular complexity index is 359. The summed E-state index contributed by atoms with van der Waals surface area (Å²) in [5, 5.41) is 3.64. The second-order valence-electron chi connectivity index (χ2n) is 7.61. The Hall–Kier alpha value is -0.0400. The van der Waals surface area contributed by atoms with E-state index in [-0.39, 0.29) is 24.0 Å². The van der Waals surface area contributed by atoms with Gasteiger partial charge in [0.15, 0.2) is 5.96 Å². The van der Waals surface area contributed by atoms with Crippen molar-refractivity contribution in [1.29, 1.82) is 0 Å². The van der Waals surface area contributed by atoms with E-state index >= 15 is 0 Å². The second-order valence-corrected chi connectivity index (χ2v) is 7.61. The first-order valence-corrected chi connectivity index (χ1v) is 9.30. The van der Waals surface area contributed by atoms with Gasteiger partial charge in [-0.3, -0.25) is 4.99 Å². The van der Waals surface area contributed by atoms with Gasteiger partial charge in [-0.1, -0.05) is 20.8 Å². The van der Waals surface area contributed by atoms with Crippen molar-refractivity contribution in [3.63, 3.8) is 0 Å². The maximum Gasteiger partial charge on any atom is 0.193 e. The number of nitrogens with zero attached hydrogens (tertiary/aromatic N) is 3. The van der Waals surface area contributed by atoms with Crippen LogP contribution in [0, 0.1) is 17.8 Å². The van der Waals surface area contributed by atoms with Crippen molar-refractivity contribution < 1.29 is 0 Å². The number of nitrogens with one attached hydrogen (secondary N) is 1. The molecule has 0 amide bonds. The minimum atomic E-state index is 0. The van der Waals surface area contributed by atoms with Crippen molar-refractivity contribution in [2.24, 2.45) is 22.7 Å². The minimum absolute atomic E-state index is 0. The standard InChI is InChI=1S/C18H36N4.HI/c1-5-8-21-9-6-17(13-21)12-20-18(19-4)22-10-7-16(14-22)11-15(2)3;/h15-17H,5-14H2,1-4H3,(H,19,20);1H. The van der Waals surface area contributed by atoms with Gasteiger partial charge >= 0.3 is 0 Å². The summed E-state index contributed by atoms with van der Waals surface area (Å²) >= 11 is 0. The number of halogens is 1. The highest BCUT2D eigenvalue weighted by Gasteiger charge is 2.26. The number of aliphatic imine (C=N–C) groups is 1. The van der Waals surface area contributed by atoms with Crippen molar-refractivity contribution >= 4 is 29.9 Å². The van der Waals surface area contributed by atoms with Crippen LogP contribution in [-0.2, 0) is 0 Å². The molecule has 2 saturated heterocycles. The molecule has 136 valence electrons. The zero-order valence-corrected chi connectivity index (χ0v) is 17.9. The summed E-state index contributed by atoms with van der Waals surface area (Å²) in [4.78, 5) is 9.58. The zero-order valence-electron chi connectivity index (χ0n) is 15.6. The minimum Gasteiger partial charge on any atom is -0.356 e. The molecule has 1 N–H and O–H groups in total. The molecule has 0 aliphatic carbocycles. The fraction of sp³-hybridized carbons (Fsp3) is 0.944. The fourth-order valence-corrected chi connectivity index (χ4v) is 4.05. The van der Waals surface area contributed by atoms with E-state index in [1.54, 1.807) is 0 Å². The van der Waals surface area contributed by atoms with Crippen LogP contribution in [0.25, 0.3) is 0 Å². The Morgan fingerprint density at radius 2 is 1.91 bits per heavy atom. The fourth-order valence-electron chi connectivity index (χ4n) is 4.05. The molecule has 2 unspecified atom stereocenters. The summed E-state index contributed by atoms with van der Waals surface area (Å²) in [5.74, 6) is 3.57. The summed E-state index contributed by atoms with van der Waals surface area (Å²) in [5.41, 5.74) is 0. The van der Waals surface area contributed by atoms with Crippen molar-refractivity contribution in [1.82, 2.24) is 15.1 Å². The van der Waals surface area contributed by atoms with E-state index < -0.39 is 0 Å². The Morgan fingerprint density at radius 3 is 2.57 bits per heavy atom. The molecule has 2 atom stereocenters. The molecule has 2 rings (SSSR count). The molecular weight excluding hydrogens is 399 g/mol. The molecule has 0 aromatic heterocycles. The van der Waals surface area contributed by atoms with Crippen LogP contribution >= 0.6 is 24.0 Å². The van der Waals surface area contributed by atoms with Crippen molar-refractivity contribution in [2.75, 3.05) is 46.3 Å². The van der Waals surface area contributed by atoms with Crippen molar-refractivity contribution in [3.05, 3.63) is 0 Å². The molecule has 0 aromatic carbocycles. The normalized spacial score (nSPS) is 26.0. The predicted molar refractivity (Wildman–Crippen MR) is 111 cm³/mol. The molecule has 0 radical (unpaired) electrons. The van der Waals surface area contributed by atoms with Gasteiger partial charge in [-0.2, -0.15) is 0 Å². The molecule has 2 aliphatic heterocycles. The van der Waals surface area contributed by atoms with Crippen molar-refractivity contribution in [3.8, 4) is 0 Å². The van der Waals surface area contributed by atoms with Gasteiger partial charge in [-0.25, -0.2) is 0 Å². The van der Waals surface area contributed by atoms with Crippen LogP contribution in [-0.4, -0.2) is 62.1 Å². The van der Waals surface area contributed by atoms with Gasteiger partial charge in [0, 0.05) is 33.2 Å². The smallest absolute Gasteiger partial charge is 0.193 e. The lowest BCUT2D eigenvalue weighted by Gasteiger charge is -2.23. The van der Waals surface area contributed by atoms with Gasteiger partial charge in [0.25, 0.3) is 0 Å². The molecular formula is C18H37IN4. The van der Waals surface area contributed by atoms with Gasteiger partial charge in [0.2, 0.25) is 0 Å². The van der Waals surface area contributed by atoms with Crippen LogP contribution in [0.2, 0.25) is 0 Å². The van der Waals surface area contributed by atoms with E-state index in [0.717, 1.165) is 30.3 Å². The maximum absolute atomic E-state index is 4.52. The third-order valence-corrected chi connectivity index (χ3v) is 5.06. The highest BCUT2D eigenvalue weighted by Crippen LogP contribution is 2.23. The van der Waals surface area contributed by atoms with Gasteiger partial charge < -0.3 is 15.1 Å². The molecule has 0 aromatic rings. The number of guanidine groups is 1. The highest BCUT2D eigenvalue weighted by atomic mass is 127. The van der Waals surface area contributed by atoms with Gasteiger partial charge in [0.1, 0.15) is 0 Å². The van der Waals surface area contributed by atoms with Crippen molar-refractivity contribution in [2.45, 2.75) is 46.5 Å². The molecule has 23 heavy (non-hydrogen) atoms.